The molecule has 0 amide bonds. The molecule has 0 radical (unpaired) electrons. The molecule has 0 unspecified atom stereocenters. The quantitative estimate of drug-likeness (QED) is 0.194. The minimum absolute atomic E-state index is 0.221. The molecule has 6 aromatic carbocycles. The van der Waals surface area contributed by atoms with Gasteiger partial charge in [-0.15, -0.1) is 0 Å². The fraction of sp³-hybridized carbons (Fsp3) is 0.0698. The summed E-state index contributed by atoms with van der Waals surface area (Å²) in [7, 11) is 0. The smallest absolute Gasteiger partial charge is 0.161 e. The highest BCUT2D eigenvalue weighted by Crippen LogP contribution is 2.50. The number of fused-ring (bicyclic) bond motifs is 11. The Labute approximate surface area is 274 Å². The Morgan fingerprint density at radius 1 is 0.542 bits per heavy atom. The van der Waals surface area contributed by atoms with Gasteiger partial charge in [0.1, 0.15) is 22.3 Å². The average molecular weight is 618 g/mol. The van der Waals surface area contributed by atoms with Crippen molar-refractivity contribution in [3.8, 4) is 28.3 Å². The van der Waals surface area contributed by atoms with Crippen LogP contribution in [0.25, 0.3) is 94.1 Å². The SMILES string of the molecule is CC1(C)c2ccc(-c3nc(-c4cccc5c4oc4ccccc45)c4ccccc4n3)cc2-n2c3c1cccc3c1oc3ccccc3c12. The van der Waals surface area contributed by atoms with E-state index < -0.39 is 0 Å². The molecule has 0 saturated carbocycles. The average Bonchev–Trinajstić information content (AvgIpc) is 3.79. The molecule has 4 aromatic heterocycles. The molecule has 5 heteroatoms. The molecule has 1 aliphatic heterocycles. The highest BCUT2D eigenvalue weighted by molar-refractivity contribution is 6.18. The van der Waals surface area contributed by atoms with Gasteiger partial charge >= 0.3 is 0 Å². The van der Waals surface area contributed by atoms with E-state index in [1.165, 1.54) is 16.6 Å². The van der Waals surface area contributed by atoms with E-state index in [2.05, 4.69) is 115 Å². The summed E-state index contributed by atoms with van der Waals surface area (Å²) in [6, 6.07) is 44.4. The lowest BCUT2D eigenvalue weighted by molar-refractivity contribution is 0.630. The first-order valence-electron chi connectivity index (χ1n) is 16.3. The van der Waals surface area contributed by atoms with Crippen molar-refractivity contribution in [3.05, 3.63) is 139 Å². The second kappa shape index (κ2) is 8.99. The predicted molar refractivity (Wildman–Crippen MR) is 194 cm³/mol. The van der Waals surface area contributed by atoms with E-state index in [1.54, 1.807) is 0 Å². The normalized spacial score (nSPS) is 13.8. The van der Waals surface area contributed by atoms with Gasteiger partial charge < -0.3 is 13.4 Å². The van der Waals surface area contributed by atoms with Crippen LogP contribution in [0.3, 0.4) is 0 Å². The highest BCUT2D eigenvalue weighted by Gasteiger charge is 2.36. The lowest BCUT2D eigenvalue weighted by Crippen LogP contribution is -2.26. The van der Waals surface area contributed by atoms with Crippen LogP contribution in [0.5, 0.6) is 0 Å². The van der Waals surface area contributed by atoms with E-state index in [0.717, 1.165) is 82.8 Å². The maximum Gasteiger partial charge on any atom is 0.161 e. The number of furan rings is 2. The Morgan fingerprint density at radius 2 is 1.23 bits per heavy atom. The third-order valence-electron chi connectivity index (χ3n) is 10.4. The number of nitrogens with zero attached hydrogens (tertiary/aromatic N) is 3. The van der Waals surface area contributed by atoms with Crippen LogP contribution in [0.15, 0.2) is 136 Å². The van der Waals surface area contributed by atoms with Crippen LogP contribution in [0.2, 0.25) is 0 Å². The summed E-state index contributed by atoms with van der Waals surface area (Å²) in [6.07, 6.45) is 0. The molecule has 5 heterocycles. The van der Waals surface area contributed by atoms with Gasteiger partial charge in [-0.25, -0.2) is 9.97 Å². The second-order valence-corrected chi connectivity index (χ2v) is 13.4. The first-order chi connectivity index (χ1) is 23.6. The molecule has 226 valence electrons. The number of benzene rings is 6. The summed E-state index contributed by atoms with van der Waals surface area (Å²) < 4.78 is 15.4. The fourth-order valence-electron chi connectivity index (χ4n) is 8.14. The minimum atomic E-state index is -0.221. The van der Waals surface area contributed by atoms with Gasteiger partial charge in [0.15, 0.2) is 11.4 Å². The van der Waals surface area contributed by atoms with Crippen molar-refractivity contribution < 1.29 is 8.83 Å². The topological polar surface area (TPSA) is 57.0 Å². The zero-order valence-electron chi connectivity index (χ0n) is 26.3. The first-order valence-corrected chi connectivity index (χ1v) is 16.3. The van der Waals surface area contributed by atoms with Crippen molar-refractivity contribution in [2.45, 2.75) is 19.3 Å². The van der Waals surface area contributed by atoms with Crippen LogP contribution in [0.1, 0.15) is 25.0 Å². The molecular weight excluding hydrogens is 590 g/mol. The molecule has 0 spiro atoms. The van der Waals surface area contributed by atoms with E-state index in [0.29, 0.717) is 5.82 Å². The van der Waals surface area contributed by atoms with Gasteiger partial charge in [-0.05, 0) is 53.6 Å². The van der Waals surface area contributed by atoms with Crippen molar-refractivity contribution in [2.75, 3.05) is 0 Å². The number of rotatable bonds is 2. The third kappa shape index (κ3) is 3.25. The van der Waals surface area contributed by atoms with Gasteiger partial charge in [0.05, 0.1) is 22.4 Å². The maximum atomic E-state index is 6.54. The van der Waals surface area contributed by atoms with Crippen molar-refractivity contribution in [1.82, 2.24) is 14.5 Å². The zero-order chi connectivity index (χ0) is 31.7. The van der Waals surface area contributed by atoms with E-state index in [-0.39, 0.29) is 5.41 Å². The van der Waals surface area contributed by atoms with Crippen molar-refractivity contribution in [1.29, 1.82) is 0 Å². The number of para-hydroxylation sites is 5. The molecular formula is C43H27N3O2. The van der Waals surface area contributed by atoms with E-state index >= 15 is 0 Å². The lowest BCUT2D eigenvalue weighted by atomic mass is 9.74. The van der Waals surface area contributed by atoms with Gasteiger partial charge in [0, 0.05) is 43.5 Å². The minimum Gasteiger partial charge on any atom is -0.455 e. The largest absolute Gasteiger partial charge is 0.455 e. The molecule has 0 atom stereocenters. The molecule has 0 fully saturated rings. The van der Waals surface area contributed by atoms with Crippen LogP contribution in [0, 0.1) is 0 Å². The zero-order valence-corrected chi connectivity index (χ0v) is 26.3. The summed E-state index contributed by atoms with van der Waals surface area (Å²) in [5.74, 6) is 0.674. The summed E-state index contributed by atoms with van der Waals surface area (Å²) in [6.45, 7) is 4.63. The Kier molecular flexibility index (Phi) is 4.86. The maximum absolute atomic E-state index is 6.54. The van der Waals surface area contributed by atoms with Crippen molar-refractivity contribution in [3.63, 3.8) is 0 Å². The fourth-order valence-corrected chi connectivity index (χ4v) is 8.14. The van der Waals surface area contributed by atoms with Gasteiger partial charge in [-0.3, -0.25) is 0 Å². The molecule has 0 N–H and O–H groups in total. The molecule has 11 rings (SSSR count). The molecule has 0 saturated heterocycles. The molecule has 10 aromatic rings. The van der Waals surface area contributed by atoms with Gasteiger partial charge in [0.2, 0.25) is 0 Å². The van der Waals surface area contributed by atoms with Crippen molar-refractivity contribution >= 4 is 65.8 Å². The van der Waals surface area contributed by atoms with Crippen LogP contribution < -0.4 is 0 Å². The molecule has 0 aliphatic carbocycles. The van der Waals surface area contributed by atoms with E-state index in [1.807, 2.05) is 30.3 Å². The van der Waals surface area contributed by atoms with Crippen molar-refractivity contribution in [2.24, 2.45) is 0 Å². The summed E-state index contributed by atoms with van der Waals surface area (Å²) in [5.41, 5.74) is 12.9. The van der Waals surface area contributed by atoms with Gasteiger partial charge in [-0.2, -0.15) is 0 Å². The number of hydrogen-bond acceptors (Lipinski definition) is 4. The Balaban J connectivity index is 1.20. The number of aromatic nitrogens is 3. The van der Waals surface area contributed by atoms with Gasteiger partial charge in [-0.1, -0.05) is 98.8 Å². The first kappa shape index (κ1) is 25.9. The number of hydrogen-bond donors (Lipinski definition) is 0. The molecule has 48 heavy (non-hydrogen) atoms. The van der Waals surface area contributed by atoms with E-state index in [9.17, 15) is 0 Å². The van der Waals surface area contributed by atoms with Crippen LogP contribution >= 0.6 is 0 Å². The van der Waals surface area contributed by atoms with Crippen LogP contribution in [0.4, 0.5) is 0 Å². The standard InChI is InChI=1S/C43H27N3O2/c1-43(2)31-22-21-24(23-34(31)46-38-30(16-10-17-32(38)43)41-39(46)28-13-5-8-20-36(28)48-41)42-44-33-18-6-3-12-27(33)37(45-42)29-15-9-14-26-25-11-4-7-19-35(25)47-40(26)29/h3-23H,1-2H3. The predicted octanol–water partition coefficient (Wildman–Crippen LogP) is 11.3. The second-order valence-electron chi connectivity index (χ2n) is 13.4. The summed E-state index contributed by atoms with van der Waals surface area (Å²) >= 11 is 0. The molecule has 0 bridgehead atoms. The Morgan fingerprint density at radius 3 is 2.10 bits per heavy atom. The molecule has 5 nitrogen and oxygen atoms in total. The van der Waals surface area contributed by atoms with Gasteiger partial charge in [0.25, 0.3) is 0 Å². The summed E-state index contributed by atoms with van der Waals surface area (Å²) in [5, 5.41) is 5.40. The van der Waals surface area contributed by atoms with Crippen LogP contribution in [-0.2, 0) is 5.41 Å². The van der Waals surface area contributed by atoms with Crippen LogP contribution in [-0.4, -0.2) is 14.5 Å². The summed E-state index contributed by atoms with van der Waals surface area (Å²) in [4.78, 5) is 10.5. The Bertz CT molecular complexity index is 2990. The van der Waals surface area contributed by atoms with E-state index in [4.69, 9.17) is 18.8 Å². The lowest BCUT2D eigenvalue weighted by Gasteiger charge is -2.34. The Hall–Kier alpha value is -6.20. The highest BCUT2D eigenvalue weighted by atomic mass is 16.3. The third-order valence-corrected chi connectivity index (χ3v) is 10.4. The molecule has 1 aliphatic rings. The monoisotopic (exact) mass is 617 g/mol.